The van der Waals surface area contributed by atoms with Crippen LogP contribution in [0.3, 0.4) is 0 Å². The molecule has 0 saturated heterocycles. The molecule has 23 heavy (non-hydrogen) atoms. The lowest BCUT2D eigenvalue weighted by Crippen LogP contribution is -2.13. The summed E-state index contributed by atoms with van der Waals surface area (Å²) in [5, 5.41) is 15.7. The van der Waals surface area contributed by atoms with Gasteiger partial charge in [0, 0.05) is 10.1 Å². The van der Waals surface area contributed by atoms with Crippen molar-refractivity contribution in [2.24, 2.45) is 0 Å². The molecule has 3 rings (SSSR count). The number of benzene rings is 1. The standard InChI is InChI=1S/C14H10ClN3O4S/c15-14-9-3-1-2-4-10(9)23-11(14)8-22-13(19)7-17-6-5-12(16-17)18(20)21/h1-6H,7-8H2. The van der Waals surface area contributed by atoms with Crippen LogP contribution in [0.5, 0.6) is 0 Å². The van der Waals surface area contributed by atoms with Crippen LogP contribution in [0, 0.1) is 10.1 Å². The van der Waals surface area contributed by atoms with Gasteiger partial charge in [-0.1, -0.05) is 29.8 Å². The summed E-state index contributed by atoms with van der Waals surface area (Å²) in [5.74, 6) is -0.859. The van der Waals surface area contributed by atoms with Crippen LogP contribution in [0.2, 0.25) is 5.02 Å². The van der Waals surface area contributed by atoms with Crippen LogP contribution < -0.4 is 0 Å². The number of hydrogen-bond acceptors (Lipinski definition) is 6. The van der Waals surface area contributed by atoms with E-state index < -0.39 is 10.9 Å². The number of ether oxygens (including phenoxy) is 1. The van der Waals surface area contributed by atoms with Gasteiger partial charge in [0.1, 0.15) is 6.61 Å². The summed E-state index contributed by atoms with van der Waals surface area (Å²) in [7, 11) is 0. The van der Waals surface area contributed by atoms with Gasteiger partial charge >= 0.3 is 11.8 Å². The first kappa shape index (κ1) is 15.4. The third-order valence-electron chi connectivity index (χ3n) is 3.07. The third kappa shape index (κ3) is 3.33. The lowest BCUT2D eigenvalue weighted by atomic mass is 10.2. The van der Waals surface area contributed by atoms with Crippen LogP contribution in [0.1, 0.15) is 4.88 Å². The van der Waals surface area contributed by atoms with Gasteiger partial charge in [-0.2, -0.15) is 4.68 Å². The number of halogens is 1. The average molecular weight is 352 g/mol. The second kappa shape index (κ2) is 6.35. The van der Waals surface area contributed by atoms with Gasteiger partial charge in [-0.05, 0) is 11.0 Å². The highest BCUT2D eigenvalue weighted by Gasteiger charge is 2.16. The molecule has 2 aromatic heterocycles. The summed E-state index contributed by atoms with van der Waals surface area (Å²) in [6, 6.07) is 8.87. The maximum Gasteiger partial charge on any atom is 0.389 e. The number of hydrogen-bond donors (Lipinski definition) is 0. The van der Waals surface area contributed by atoms with Crippen molar-refractivity contribution in [2.75, 3.05) is 0 Å². The first-order valence-corrected chi connectivity index (χ1v) is 7.73. The number of fused-ring (bicyclic) bond motifs is 1. The van der Waals surface area contributed by atoms with Crippen LogP contribution >= 0.6 is 22.9 Å². The van der Waals surface area contributed by atoms with E-state index in [1.54, 1.807) is 0 Å². The van der Waals surface area contributed by atoms with E-state index in [1.807, 2.05) is 24.3 Å². The van der Waals surface area contributed by atoms with Crippen molar-refractivity contribution in [3.63, 3.8) is 0 Å². The van der Waals surface area contributed by atoms with Crippen molar-refractivity contribution >= 4 is 44.8 Å². The van der Waals surface area contributed by atoms with E-state index in [4.69, 9.17) is 16.3 Å². The maximum atomic E-state index is 11.8. The second-order valence-corrected chi connectivity index (χ2v) is 6.14. The van der Waals surface area contributed by atoms with Crippen molar-refractivity contribution in [2.45, 2.75) is 13.2 Å². The fraction of sp³-hybridized carbons (Fsp3) is 0.143. The number of carbonyl (C=O) groups excluding carboxylic acids is 1. The highest BCUT2D eigenvalue weighted by atomic mass is 35.5. The van der Waals surface area contributed by atoms with E-state index in [0.717, 1.165) is 19.6 Å². The second-order valence-electron chi connectivity index (χ2n) is 4.62. The molecule has 0 amide bonds. The molecule has 0 saturated carbocycles. The van der Waals surface area contributed by atoms with Crippen LogP contribution in [0.25, 0.3) is 10.1 Å². The molecule has 0 aliphatic carbocycles. The molecule has 7 nitrogen and oxygen atoms in total. The lowest BCUT2D eigenvalue weighted by Gasteiger charge is -2.02. The summed E-state index contributed by atoms with van der Waals surface area (Å²) >= 11 is 7.72. The molecule has 118 valence electrons. The van der Waals surface area contributed by atoms with E-state index in [0.29, 0.717) is 5.02 Å². The number of nitro groups is 1. The zero-order valence-electron chi connectivity index (χ0n) is 11.6. The summed E-state index contributed by atoms with van der Waals surface area (Å²) in [6.07, 6.45) is 1.35. The number of carbonyl (C=O) groups is 1. The fourth-order valence-corrected chi connectivity index (χ4v) is 3.42. The van der Waals surface area contributed by atoms with E-state index in [1.165, 1.54) is 23.6 Å². The summed E-state index contributed by atoms with van der Waals surface area (Å²) in [4.78, 5) is 22.5. The molecule has 0 N–H and O–H groups in total. The minimum absolute atomic E-state index is 0.0559. The molecular formula is C14H10ClN3O4S. The Labute approximate surface area is 139 Å². The van der Waals surface area contributed by atoms with Crippen molar-refractivity contribution in [1.82, 2.24) is 9.78 Å². The topological polar surface area (TPSA) is 87.3 Å². The Balaban J connectivity index is 1.63. The molecule has 0 spiro atoms. The largest absolute Gasteiger partial charge is 0.458 e. The number of nitrogens with zero attached hydrogens (tertiary/aromatic N) is 3. The van der Waals surface area contributed by atoms with Crippen molar-refractivity contribution in [1.29, 1.82) is 0 Å². The molecule has 0 bridgehead atoms. The predicted octanol–water partition coefficient (Wildman–Crippen LogP) is 3.40. The van der Waals surface area contributed by atoms with E-state index in [2.05, 4.69) is 5.10 Å². The average Bonchev–Trinajstić information content (AvgIpc) is 3.11. The fourth-order valence-electron chi connectivity index (χ4n) is 2.02. The quantitative estimate of drug-likeness (QED) is 0.399. The summed E-state index contributed by atoms with van der Waals surface area (Å²) in [6.45, 7) is -0.142. The highest BCUT2D eigenvalue weighted by molar-refractivity contribution is 7.19. The smallest absolute Gasteiger partial charge is 0.389 e. The zero-order valence-corrected chi connectivity index (χ0v) is 13.2. The molecule has 0 aliphatic rings. The maximum absolute atomic E-state index is 11.8. The monoisotopic (exact) mass is 351 g/mol. The van der Waals surface area contributed by atoms with Crippen LogP contribution in [0.4, 0.5) is 5.82 Å². The normalized spacial score (nSPS) is 10.8. The van der Waals surface area contributed by atoms with Gasteiger partial charge in [-0.25, -0.2) is 4.79 Å². The Morgan fingerprint density at radius 3 is 2.87 bits per heavy atom. The van der Waals surface area contributed by atoms with E-state index in [9.17, 15) is 14.9 Å². The van der Waals surface area contributed by atoms with Gasteiger partial charge in [0.05, 0.1) is 27.3 Å². The minimum atomic E-state index is -0.626. The molecule has 9 heteroatoms. The van der Waals surface area contributed by atoms with Crippen LogP contribution in [-0.2, 0) is 22.7 Å². The molecule has 3 aromatic rings. The molecule has 0 unspecified atom stereocenters. The molecule has 2 heterocycles. The van der Waals surface area contributed by atoms with Gasteiger partial charge in [0.2, 0.25) is 0 Å². The molecule has 0 radical (unpaired) electrons. The van der Waals surface area contributed by atoms with Gasteiger partial charge in [-0.3, -0.25) is 0 Å². The minimum Gasteiger partial charge on any atom is -0.458 e. The first-order valence-electron chi connectivity index (χ1n) is 6.54. The van der Waals surface area contributed by atoms with Gasteiger partial charge in [0.25, 0.3) is 0 Å². The Bertz CT molecular complexity index is 889. The van der Waals surface area contributed by atoms with Crippen molar-refractivity contribution in [3.8, 4) is 0 Å². The van der Waals surface area contributed by atoms with Crippen molar-refractivity contribution < 1.29 is 14.5 Å². The number of thiophene rings is 1. The Morgan fingerprint density at radius 1 is 1.39 bits per heavy atom. The summed E-state index contributed by atoms with van der Waals surface area (Å²) < 4.78 is 7.35. The lowest BCUT2D eigenvalue weighted by molar-refractivity contribution is -0.389. The number of esters is 1. The SMILES string of the molecule is O=C(Cn1ccc([N+](=O)[O-])n1)OCc1sc2ccccc2c1Cl. The molecule has 0 aliphatic heterocycles. The van der Waals surface area contributed by atoms with Gasteiger partial charge in [0.15, 0.2) is 6.54 Å². The zero-order chi connectivity index (χ0) is 16.4. The van der Waals surface area contributed by atoms with Crippen LogP contribution in [0.15, 0.2) is 36.5 Å². The Hall–Kier alpha value is -2.45. The molecule has 1 aromatic carbocycles. The van der Waals surface area contributed by atoms with Gasteiger partial charge < -0.3 is 14.9 Å². The Kier molecular flexibility index (Phi) is 4.26. The number of rotatable bonds is 5. The predicted molar refractivity (Wildman–Crippen MR) is 85.5 cm³/mol. The number of aromatic nitrogens is 2. The highest BCUT2D eigenvalue weighted by Crippen LogP contribution is 2.35. The summed E-state index contributed by atoms with van der Waals surface area (Å²) in [5.41, 5.74) is 0. The molecule has 0 fully saturated rings. The third-order valence-corrected chi connectivity index (χ3v) is 4.76. The van der Waals surface area contributed by atoms with Crippen molar-refractivity contribution in [3.05, 3.63) is 56.5 Å². The van der Waals surface area contributed by atoms with E-state index >= 15 is 0 Å². The van der Waals surface area contributed by atoms with Gasteiger partial charge in [-0.15, -0.1) is 11.3 Å². The van der Waals surface area contributed by atoms with Crippen LogP contribution in [-0.4, -0.2) is 20.7 Å². The Morgan fingerprint density at radius 2 is 2.17 bits per heavy atom. The molecule has 0 atom stereocenters. The van der Waals surface area contributed by atoms with E-state index in [-0.39, 0.29) is 19.0 Å². The first-order chi connectivity index (χ1) is 11.0. The molecular weight excluding hydrogens is 342 g/mol.